The Bertz CT molecular complexity index is 739. The fraction of sp³-hybridized carbons (Fsp3) is 0.579. The molecule has 0 aliphatic carbocycles. The van der Waals surface area contributed by atoms with E-state index in [0.717, 1.165) is 26.1 Å². The molecule has 1 aromatic carbocycles. The summed E-state index contributed by atoms with van der Waals surface area (Å²) in [6, 6.07) is 5.16. The van der Waals surface area contributed by atoms with Crippen molar-refractivity contribution >= 4 is 17.6 Å². The van der Waals surface area contributed by atoms with Crippen molar-refractivity contribution in [2.24, 2.45) is 15.7 Å². The molecule has 8 nitrogen and oxygen atoms in total. The zero-order chi connectivity index (χ0) is 20.1. The number of guanidine groups is 2. The molecule has 2 aliphatic rings. The quantitative estimate of drug-likeness (QED) is 0.677. The minimum absolute atomic E-state index is 0.183. The van der Waals surface area contributed by atoms with E-state index in [2.05, 4.69) is 32.4 Å². The second-order valence-electron chi connectivity index (χ2n) is 6.83. The number of hydrogen-bond donors (Lipinski definition) is 3. The van der Waals surface area contributed by atoms with Gasteiger partial charge in [0.2, 0.25) is 11.9 Å². The van der Waals surface area contributed by atoms with Crippen LogP contribution in [-0.4, -0.2) is 62.4 Å². The van der Waals surface area contributed by atoms with Gasteiger partial charge in [-0.15, -0.1) is 0 Å². The molecule has 1 fully saturated rings. The Morgan fingerprint density at radius 2 is 2.14 bits per heavy atom. The van der Waals surface area contributed by atoms with Gasteiger partial charge in [-0.2, -0.15) is 4.99 Å². The summed E-state index contributed by atoms with van der Waals surface area (Å²) in [4.78, 5) is 13.1. The van der Waals surface area contributed by atoms with Crippen molar-refractivity contribution in [1.29, 1.82) is 0 Å². The average Bonchev–Trinajstić information content (AvgIpc) is 3.14. The molecule has 154 valence electrons. The second kappa shape index (κ2) is 9.20. The number of nitrogens with one attached hydrogen (secondary N) is 2. The molecule has 2 unspecified atom stereocenters. The third kappa shape index (κ3) is 4.36. The minimum Gasteiger partial charge on any atom is -0.494 e. The number of methoxy groups -OCH3 is 1. The van der Waals surface area contributed by atoms with Gasteiger partial charge >= 0.3 is 0 Å². The molecule has 0 radical (unpaired) electrons. The Hall–Kier alpha value is -2.39. The van der Waals surface area contributed by atoms with Crippen molar-refractivity contribution in [1.82, 2.24) is 15.5 Å². The number of ether oxygens (including phenoxy) is 1. The number of halogens is 1. The first-order valence-corrected chi connectivity index (χ1v) is 9.84. The molecule has 4 N–H and O–H groups in total. The van der Waals surface area contributed by atoms with Crippen LogP contribution in [0, 0.1) is 5.82 Å². The van der Waals surface area contributed by atoms with E-state index in [1.807, 2.05) is 6.92 Å². The highest BCUT2D eigenvalue weighted by molar-refractivity contribution is 6.05. The summed E-state index contributed by atoms with van der Waals surface area (Å²) in [6.45, 7) is 7.72. The van der Waals surface area contributed by atoms with Gasteiger partial charge in [0, 0.05) is 25.2 Å². The zero-order valence-corrected chi connectivity index (χ0v) is 16.8. The highest BCUT2D eigenvalue weighted by Crippen LogP contribution is 2.26. The Kier molecular flexibility index (Phi) is 6.69. The summed E-state index contributed by atoms with van der Waals surface area (Å²) in [5, 5.41) is 6.53. The van der Waals surface area contributed by atoms with E-state index in [1.54, 1.807) is 17.0 Å². The molecule has 0 bridgehead atoms. The van der Waals surface area contributed by atoms with Crippen molar-refractivity contribution in [3.63, 3.8) is 0 Å². The van der Waals surface area contributed by atoms with Crippen LogP contribution < -0.4 is 26.0 Å². The summed E-state index contributed by atoms with van der Waals surface area (Å²) >= 11 is 0. The predicted molar refractivity (Wildman–Crippen MR) is 110 cm³/mol. The molecule has 2 heterocycles. The third-order valence-electron chi connectivity index (χ3n) is 5.11. The smallest absolute Gasteiger partial charge is 0.224 e. The molecule has 0 amide bonds. The summed E-state index contributed by atoms with van der Waals surface area (Å²) < 4.78 is 19.3. The predicted octanol–water partition coefficient (Wildman–Crippen LogP) is 1.29. The second-order valence-corrected chi connectivity index (χ2v) is 6.83. The number of likely N-dealkylation sites (N-methyl/N-ethyl adjacent to an activating group) is 1. The lowest BCUT2D eigenvalue weighted by molar-refractivity contribution is 0.267. The number of aliphatic imine (C=N–C) groups is 2. The molecule has 9 heteroatoms. The highest BCUT2D eigenvalue weighted by atomic mass is 19.1. The zero-order valence-electron chi connectivity index (χ0n) is 16.8. The maximum Gasteiger partial charge on any atom is 0.224 e. The van der Waals surface area contributed by atoms with Crippen LogP contribution in [0.1, 0.15) is 26.7 Å². The van der Waals surface area contributed by atoms with Crippen LogP contribution in [0.4, 0.5) is 10.1 Å². The lowest BCUT2D eigenvalue weighted by Crippen LogP contribution is -2.56. The number of benzene rings is 1. The van der Waals surface area contributed by atoms with Crippen molar-refractivity contribution in [2.75, 3.05) is 38.2 Å². The average molecular weight is 391 g/mol. The molecule has 2 atom stereocenters. The number of nitrogens with zero attached hydrogens (tertiary/aromatic N) is 4. The fourth-order valence-electron chi connectivity index (χ4n) is 3.69. The molecule has 0 saturated carbocycles. The lowest BCUT2D eigenvalue weighted by Gasteiger charge is -2.34. The van der Waals surface area contributed by atoms with Crippen LogP contribution in [0.3, 0.4) is 0 Å². The van der Waals surface area contributed by atoms with Crippen LogP contribution in [0.2, 0.25) is 0 Å². The first kappa shape index (κ1) is 20.3. The molecular formula is C19H30FN7O. The molecule has 0 spiro atoms. The number of anilines is 1. The molecule has 0 aromatic heterocycles. The van der Waals surface area contributed by atoms with E-state index in [-0.39, 0.29) is 5.75 Å². The van der Waals surface area contributed by atoms with Gasteiger partial charge in [-0.25, -0.2) is 9.38 Å². The van der Waals surface area contributed by atoms with E-state index in [9.17, 15) is 4.39 Å². The molecule has 28 heavy (non-hydrogen) atoms. The Morgan fingerprint density at radius 3 is 2.82 bits per heavy atom. The maximum atomic E-state index is 14.3. The standard InChI is InChI=1S/C19H30FN7O/c1-4-22-18-24-17(21)27(13-8-9-16(28-3)15(20)11-13)19(25-18)23-12-14-7-6-10-26(14)5-2/h8-9,11,14,17H,4-7,10,12,21H2,1-3H3,(H2,22,23,24,25). The van der Waals surface area contributed by atoms with Crippen LogP contribution in [-0.2, 0) is 0 Å². The monoisotopic (exact) mass is 391 g/mol. The Balaban J connectivity index is 1.84. The van der Waals surface area contributed by atoms with Crippen LogP contribution >= 0.6 is 0 Å². The summed E-state index contributed by atoms with van der Waals surface area (Å²) in [5.41, 5.74) is 6.86. The maximum absolute atomic E-state index is 14.3. The van der Waals surface area contributed by atoms with Gasteiger partial charge in [0.25, 0.3) is 0 Å². The van der Waals surface area contributed by atoms with Crippen molar-refractivity contribution in [2.45, 2.75) is 39.0 Å². The van der Waals surface area contributed by atoms with Crippen molar-refractivity contribution < 1.29 is 9.13 Å². The Labute approximate surface area is 165 Å². The summed E-state index contributed by atoms with van der Waals surface area (Å²) in [5.74, 6) is 0.760. The van der Waals surface area contributed by atoms with Crippen molar-refractivity contribution in [3.8, 4) is 5.75 Å². The first-order valence-electron chi connectivity index (χ1n) is 9.84. The number of nitrogens with two attached hydrogens (primary N) is 1. The van der Waals surface area contributed by atoms with Gasteiger partial charge in [0.1, 0.15) is 0 Å². The normalized spacial score (nSPS) is 22.7. The van der Waals surface area contributed by atoms with Gasteiger partial charge in [0.05, 0.1) is 12.8 Å². The lowest BCUT2D eigenvalue weighted by atomic mass is 10.2. The van der Waals surface area contributed by atoms with Gasteiger partial charge in [-0.3, -0.25) is 15.5 Å². The van der Waals surface area contributed by atoms with Crippen molar-refractivity contribution in [3.05, 3.63) is 24.0 Å². The van der Waals surface area contributed by atoms with E-state index >= 15 is 0 Å². The van der Waals surface area contributed by atoms with E-state index < -0.39 is 12.1 Å². The molecule has 3 rings (SSSR count). The van der Waals surface area contributed by atoms with Gasteiger partial charge in [-0.05, 0) is 45.0 Å². The number of hydrogen-bond acceptors (Lipinski definition) is 8. The SMILES string of the molecule is CCNC1=NC(N)N(c2ccc(OC)c(F)c2)C(NCC2CCCN2CC)=N1. The first-order chi connectivity index (χ1) is 13.6. The topological polar surface area (TPSA) is 90.5 Å². The van der Waals surface area contributed by atoms with Gasteiger partial charge in [-0.1, -0.05) is 6.92 Å². The van der Waals surface area contributed by atoms with E-state index in [1.165, 1.54) is 19.6 Å². The molecular weight excluding hydrogens is 361 g/mol. The fourth-order valence-corrected chi connectivity index (χ4v) is 3.69. The summed E-state index contributed by atoms with van der Waals surface area (Å²) in [6.07, 6.45) is 1.63. The third-order valence-corrected chi connectivity index (χ3v) is 5.11. The van der Waals surface area contributed by atoms with Crippen LogP contribution in [0.25, 0.3) is 0 Å². The molecule has 1 aromatic rings. The summed E-state index contributed by atoms with van der Waals surface area (Å²) in [7, 11) is 1.44. The van der Waals surface area contributed by atoms with E-state index in [4.69, 9.17) is 10.5 Å². The number of likely N-dealkylation sites (tertiary alicyclic amines) is 1. The molecule has 2 aliphatic heterocycles. The molecule has 1 saturated heterocycles. The highest BCUT2D eigenvalue weighted by Gasteiger charge is 2.29. The van der Waals surface area contributed by atoms with Gasteiger partial charge in [0.15, 0.2) is 17.9 Å². The van der Waals surface area contributed by atoms with Crippen LogP contribution in [0.5, 0.6) is 5.75 Å². The van der Waals surface area contributed by atoms with Crippen LogP contribution in [0.15, 0.2) is 28.2 Å². The minimum atomic E-state index is -0.715. The number of rotatable bonds is 6. The van der Waals surface area contributed by atoms with Gasteiger partial charge < -0.3 is 15.4 Å². The largest absolute Gasteiger partial charge is 0.494 e. The Morgan fingerprint density at radius 1 is 1.32 bits per heavy atom. The van der Waals surface area contributed by atoms with E-state index in [0.29, 0.717) is 30.2 Å².